The second-order valence-corrected chi connectivity index (χ2v) is 5.12. The smallest absolute Gasteiger partial charge is 0.251 e. The fourth-order valence-electron chi connectivity index (χ4n) is 1.81. The molecule has 90 valence electrons. The van der Waals surface area contributed by atoms with Crippen molar-refractivity contribution in [2.24, 2.45) is 0 Å². The molecule has 5 heteroatoms. The lowest BCUT2D eigenvalue weighted by molar-refractivity contribution is 0.757. The first-order valence-corrected chi connectivity index (χ1v) is 6.34. The molecule has 0 unspecified atom stereocenters. The molecule has 0 bridgehead atoms. The van der Waals surface area contributed by atoms with Crippen LogP contribution in [-0.2, 0) is 6.54 Å². The van der Waals surface area contributed by atoms with Gasteiger partial charge in [-0.15, -0.1) is 11.3 Å². The van der Waals surface area contributed by atoms with Gasteiger partial charge >= 0.3 is 0 Å². The Morgan fingerprint density at radius 2 is 2.06 bits per heavy atom. The Kier molecular flexibility index (Phi) is 2.60. The van der Waals surface area contributed by atoms with Gasteiger partial charge in [-0.25, -0.2) is 4.98 Å². The van der Waals surface area contributed by atoms with E-state index in [0.29, 0.717) is 12.2 Å². The first kappa shape index (κ1) is 11.0. The zero-order valence-corrected chi connectivity index (χ0v) is 10.4. The van der Waals surface area contributed by atoms with Crippen LogP contribution >= 0.6 is 11.3 Å². The third-order valence-electron chi connectivity index (χ3n) is 2.65. The Morgan fingerprint density at radius 1 is 1.22 bits per heavy atom. The Balaban J connectivity index is 2.01. The predicted octanol–water partition coefficient (Wildman–Crippen LogP) is 2.09. The number of para-hydroxylation sites is 1. The Bertz CT molecular complexity index is 727. The summed E-state index contributed by atoms with van der Waals surface area (Å²) < 4.78 is 2.71. The van der Waals surface area contributed by atoms with E-state index in [2.05, 4.69) is 4.98 Å². The van der Waals surface area contributed by atoms with E-state index in [0.717, 1.165) is 15.2 Å². The molecule has 4 nitrogen and oxygen atoms in total. The summed E-state index contributed by atoms with van der Waals surface area (Å²) >= 11 is 1.60. The van der Waals surface area contributed by atoms with Crippen LogP contribution in [0.2, 0.25) is 0 Å². The normalized spacial score (nSPS) is 10.9. The van der Waals surface area contributed by atoms with Gasteiger partial charge in [-0.1, -0.05) is 12.1 Å². The molecule has 0 saturated carbocycles. The van der Waals surface area contributed by atoms with Crippen molar-refractivity contribution in [2.75, 3.05) is 5.73 Å². The van der Waals surface area contributed by atoms with Gasteiger partial charge in [0.25, 0.3) is 5.56 Å². The van der Waals surface area contributed by atoms with Crippen molar-refractivity contribution >= 4 is 27.2 Å². The van der Waals surface area contributed by atoms with E-state index in [1.165, 1.54) is 6.07 Å². The number of nitrogen functional groups attached to an aromatic ring is 1. The topological polar surface area (TPSA) is 60.9 Å². The summed E-state index contributed by atoms with van der Waals surface area (Å²) in [6.07, 6.45) is 1.65. The van der Waals surface area contributed by atoms with Crippen LogP contribution in [-0.4, -0.2) is 9.55 Å². The lowest BCUT2D eigenvalue weighted by Crippen LogP contribution is -2.19. The number of fused-ring (bicyclic) bond motifs is 1. The third-order valence-corrected chi connectivity index (χ3v) is 3.67. The summed E-state index contributed by atoms with van der Waals surface area (Å²) in [5, 5.41) is 0.906. The minimum atomic E-state index is -0.0662. The van der Waals surface area contributed by atoms with Crippen molar-refractivity contribution in [2.45, 2.75) is 6.54 Å². The highest BCUT2D eigenvalue weighted by Crippen LogP contribution is 2.21. The number of pyridine rings is 1. The number of hydrogen-bond donors (Lipinski definition) is 1. The number of thiazole rings is 1. The van der Waals surface area contributed by atoms with Crippen LogP contribution in [0.5, 0.6) is 0 Å². The Hall–Kier alpha value is -2.14. The maximum absolute atomic E-state index is 11.7. The SMILES string of the molecule is Nc1ccc(=O)n(Cc2nc3ccccc3s2)c1. The van der Waals surface area contributed by atoms with Crippen molar-refractivity contribution in [3.63, 3.8) is 0 Å². The van der Waals surface area contributed by atoms with Crippen LogP contribution in [0, 0.1) is 0 Å². The summed E-state index contributed by atoms with van der Waals surface area (Å²) in [4.78, 5) is 16.2. The molecule has 2 N–H and O–H groups in total. The van der Waals surface area contributed by atoms with E-state index < -0.39 is 0 Å². The van der Waals surface area contributed by atoms with E-state index in [4.69, 9.17) is 5.73 Å². The maximum atomic E-state index is 11.7. The maximum Gasteiger partial charge on any atom is 0.251 e. The molecule has 2 aromatic heterocycles. The van der Waals surface area contributed by atoms with Gasteiger partial charge in [0, 0.05) is 18.0 Å². The lowest BCUT2D eigenvalue weighted by atomic mass is 10.3. The summed E-state index contributed by atoms with van der Waals surface area (Å²) in [6, 6.07) is 11.0. The second kappa shape index (κ2) is 4.27. The molecule has 3 aromatic rings. The average molecular weight is 257 g/mol. The monoisotopic (exact) mass is 257 g/mol. The third kappa shape index (κ3) is 2.00. The van der Waals surface area contributed by atoms with Crippen LogP contribution in [0.1, 0.15) is 5.01 Å². The fourth-order valence-corrected chi connectivity index (χ4v) is 2.77. The molecule has 0 aliphatic rings. The number of benzene rings is 1. The van der Waals surface area contributed by atoms with Crippen molar-refractivity contribution in [3.05, 3.63) is 58.0 Å². The van der Waals surface area contributed by atoms with Gasteiger partial charge in [0.2, 0.25) is 0 Å². The van der Waals surface area contributed by atoms with Gasteiger partial charge in [0.15, 0.2) is 0 Å². The van der Waals surface area contributed by atoms with Gasteiger partial charge in [-0.3, -0.25) is 4.79 Å². The van der Waals surface area contributed by atoms with Crippen LogP contribution in [0.4, 0.5) is 5.69 Å². The molecule has 0 spiro atoms. The molecule has 0 amide bonds. The standard InChI is InChI=1S/C13H11N3OS/c14-9-5-6-13(17)16(7-9)8-12-15-10-3-1-2-4-11(10)18-12/h1-7H,8,14H2. The first-order valence-electron chi connectivity index (χ1n) is 5.53. The van der Waals surface area contributed by atoms with Gasteiger partial charge in [0.05, 0.1) is 16.8 Å². The van der Waals surface area contributed by atoms with Crippen LogP contribution in [0.25, 0.3) is 10.2 Å². The second-order valence-electron chi connectivity index (χ2n) is 4.00. The van der Waals surface area contributed by atoms with Gasteiger partial charge in [0.1, 0.15) is 5.01 Å². The number of aromatic nitrogens is 2. The molecule has 0 fully saturated rings. The van der Waals surface area contributed by atoms with Crippen molar-refractivity contribution < 1.29 is 0 Å². The predicted molar refractivity (Wildman–Crippen MR) is 73.8 cm³/mol. The molecule has 0 atom stereocenters. The highest BCUT2D eigenvalue weighted by Gasteiger charge is 2.05. The molecule has 1 aromatic carbocycles. The molecular weight excluding hydrogens is 246 g/mol. The summed E-state index contributed by atoms with van der Waals surface area (Å²) in [6.45, 7) is 0.462. The van der Waals surface area contributed by atoms with Crippen LogP contribution < -0.4 is 11.3 Å². The van der Waals surface area contributed by atoms with Crippen molar-refractivity contribution in [1.29, 1.82) is 0 Å². The van der Waals surface area contributed by atoms with Gasteiger partial charge in [-0.05, 0) is 18.2 Å². The van der Waals surface area contributed by atoms with Crippen molar-refractivity contribution in [3.8, 4) is 0 Å². The van der Waals surface area contributed by atoms with Crippen molar-refractivity contribution in [1.82, 2.24) is 9.55 Å². The largest absolute Gasteiger partial charge is 0.398 e. The highest BCUT2D eigenvalue weighted by molar-refractivity contribution is 7.18. The van der Waals surface area contributed by atoms with E-state index in [1.807, 2.05) is 24.3 Å². The summed E-state index contributed by atoms with van der Waals surface area (Å²) in [5.41, 5.74) is 7.16. The molecule has 0 aliphatic carbocycles. The Morgan fingerprint density at radius 3 is 2.89 bits per heavy atom. The number of nitrogens with zero attached hydrogens (tertiary/aromatic N) is 2. The molecular formula is C13H11N3OS. The average Bonchev–Trinajstić information content (AvgIpc) is 2.76. The fraction of sp³-hybridized carbons (Fsp3) is 0.0769. The minimum absolute atomic E-state index is 0.0662. The lowest BCUT2D eigenvalue weighted by Gasteiger charge is -2.03. The molecule has 0 radical (unpaired) electrons. The highest BCUT2D eigenvalue weighted by atomic mass is 32.1. The number of rotatable bonds is 2. The Labute approximate surface area is 107 Å². The molecule has 18 heavy (non-hydrogen) atoms. The zero-order chi connectivity index (χ0) is 12.5. The molecule has 3 rings (SSSR count). The first-order chi connectivity index (χ1) is 8.72. The van der Waals surface area contributed by atoms with Gasteiger partial charge in [-0.2, -0.15) is 0 Å². The number of nitrogens with two attached hydrogens (primary N) is 1. The molecule has 0 saturated heterocycles. The van der Waals surface area contributed by atoms with E-state index in [1.54, 1.807) is 28.2 Å². The molecule has 0 aliphatic heterocycles. The van der Waals surface area contributed by atoms with Gasteiger partial charge < -0.3 is 10.3 Å². The van der Waals surface area contributed by atoms with E-state index in [9.17, 15) is 4.79 Å². The molecule has 2 heterocycles. The summed E-state index contributed by atoms with van der Waals surface area (Å²) in [7, 11) is 0. The number of hydrogen-bond acceptors (Lipinski definition) is 4. The zero-order valence-electron chi connectivity index (χ0n) is 9.54. The quantitative estimate of drug-likeness (QED) is 0.764. The number of anilines is 1. The van der Waals surface area contributed by atoms with E-state index in [-0.39, 0.29) is 5.56 Å². The van der Waals surface area contributed by atoms with Crippen LogP contribution in [0.3, 0.4) is 0 Å². The van der Waals surface area contributed by atoms with E-state index >= 15 is 0 Å². The summed E-state index contributed by atoms with van der Waals surface area (Å²) in [5.74, 6) is 0. The van der Waals surface area contributed by atoms with Crippen LogP contribution in [0.15, 0.2) is 47.4 Å². The minimum Gasteiger partial charge on any atom is -0.398 e.